The molecule has 0 aliphatic heterocycles. The molecular weight excluding hydrogens is 266 g/mol. The van der Waals surface area contributed by atoms with Crippen LogP contribution in [-0.2, 0) is 10.0 Å². The fraction of sp³-hybridized carbons (Fsp3) is 0.286. The third-order valence-electron chi connectivity index (χ3n) is 1.67. The molecule has 1 rings (SSSR count). The van der Waals surface area contributed by atoms with E-state index in [9.17, 15) is 17.2 Å². The first-order chi connectivity index (χ1) is 7.27. The highest BCUT2D eigenvalue weighted by Gasteiger charge is 2.22. The molecule has 1 aromatic heterocycles. The number of sulfonamides is 1. The number of alkyl halides is 2. The molecule has 16 heavy (non-hydrogen) atoms. The van der Waals surface area contributed by atoms with Crippen LogP contribution in [0.15, 0.2) is 11.1 Å². The molecule has 90 valence electrons. The molecule has 0 unspecified atom stereocenters. The van der Waals surface area contributed by atoms with Crippen molar-refractivity contribution < 1.29 is 21.9 Å². The van der Waals surface area contributed by atoms with Gasteiger partial charge in [0, 0.05) is 0 Å². The van der Waals surface area contributed by atoms with E-state index in [1.807, 2.05) is 0 Å². The highest BCUT2D eigenvalue weighted by Crippen LogP contribution is 2.35. The van der Waals surface area contributed by atoms with E-state index >= 15 is 0 Å². The first kappa shape index (κ1) is 13.1. The Morgan fingerprint density at radius 3 is 2.50 bits per heavy atom. The number of methoxy groups -OCH3 is 1. The molecule has 0 fully saturated rings. The standard InChI is InChI=1S/C7H7ClF2N2O3S/c1-15-5-3(7(9)10)2-4(12-6(5)8)16(11,13)14/h2,7H,1H3,(H2,11,13,14). The SMILES string of the molecule is COc1c(C(F)F)cc(S(N)(=O)=O)nc1Cl. The Morgan fingerprint density at radius 2 is 2.12 bits per heavy atom. The zero-order valence-corrected chi connectivity index (χ0v) is 9.52. The lowest BCUT2D eigenvalue weighted by atomic mass is 10.2. The van der Waals surface area contributed by atoms with Crippen molar-refractivity contribution in [3.05, 3.63) is 16.8 Å². The Hall–Kier alpha value is -0.990. The van der Waals surface area contributed by atoms with Gasteiger partial charge in [0.1, 0.15) is 0 Å². The van der Waals surface area contributed by atoms with Gasteiger partial charge in [-0.2, -0.15) is 0 Å². The number of hydrogen-bond donors (Lipinski definition) is 1. The van der Waals surface area contributed by atoms with Crippen molar-refractivity contribution in [3.8, 4) is 5.75 Å². The minimum Gasteiger partial charge on any atom is -0.493 e. The number of hydrogen-bond acceptors (Lipinski definition) is 4. The van der Waals surface area contributed by atoms with Crippen molar-refractivity contribution >= 4 is 21.6 Å². The summed E-state index contributed by atoms with van der Waals surface area (Å²) in [5.41, 5.74) is -0.675. The van der Waals surface area contributed by atoms with Crippen LogP contribution in [0, 0.1) is 0 Å². The van der Waals surface area contributed by atoms with Crippen LogP contribution < -0.4 is 9.88 Å². The predicted molar refractivity (Wildman–Crippen MR) is 52.1 cm³/mol. The predicted octanol–water partition coefficient (Wildman–Crippen LogP) is 1.33. The summed E-state index contributed by atoms with van der Waals surface area (Å²) in [5, 5.41) is 3.54. The molecule has 5 nitrogen and oxygen atoms in total. The second kappa shape index (κ2) is 4.48. The van der Waals surface area contributed by atoms with Gasteiger partial charge in [0.2, 0.25) is 0 Å². The number of halogens is 3. The van der Waals surface area contributed by atoms with Crippen molar-refractivity contribution in [1.82, 2.24) is 4.98 Å². The zero-order chi connectivity index (χ0) is 12.5. The topological polar surface area (TPSA) is 82.3 Å². The summed E-state index contributed by atoms with van der Waals surface area (Å²) >= 11 is 5.50. The second-order valence-corrected chi connectivity index (χ2v) is 4.59. The van der Waals surface area contributed by atoms with Gasteiger partial charge in [0.05, 0.1) is 12.7 Å². The van der Waals surface area contributed by atoms with Crippen LogP contribution in [0.5, 0.6) is 5.75 Å². The highest BCUT2D eigenvalue weighted by atomic mass is 35.5. The number of pyridine rings is 1. The largest absolute Gasteiger partial charge is 0.493 e. The van der Waals surface area contributed by atoms with E-state index in [0.717, 1.165) is 7.11 Å². The molecule has 0 radical (unpaired) electrons. The van der Waals surface area contributed by atoms with Gasteiger partial charge in [0.15, 0.2) is 15.9 Å². The number of aromatic nitrogens is 1. The molecule has 0 spiro atoms. The molecule has 1 heterocycles. The van der Waals surface area contributed by atoms with Gasteiger partial charge in [-0.1, -0.05) is 11.6 Å². The molecule has 0 atom stereocenters. The third-order valence-corrected chi connectivity index (χ3v) is 2.72. The van der Waals surface area contributed by atoms with Crippen LogP contribution in [0.25, 0.3) is 0 Å². The van der Waals surface area contributed by atoms with E-state index in [-0.39, 0.29) is 5.75 Å². The third kappa shape index (κ3) is 2.57. The average Bonchev–Trinajstić information content (AvgIpc) is 2.14. The van der Waals surface area contributed by atoms with Gasteiger partial charge < -0.3 is 4.74 Å². The minimum absolute atomic E-state index is 0.371. The molecular formula is C7H7ClF2N2O3S. The quantitative estimate of drug-likeness (QED) is 0.842. The maximum Gasteiger partial charge on any atom is 0.267 e. The summed E-state index contributed by atoms with van der Waals surface area (Å²) in [6.07, 6.45) is -2.95. The maximum atomic E-state index is 12.6. The fourth-order valence-electron chi connectivity index (χ4n) is 1.01. The molecule has 9 heteroatoms. The van der Waals surface area contributed by atoms with Crippen LogP contribution in [0.3, 0.4) is 0 Å². The molecule has 0 amide bonds. The molecule has 2 N–H and O–H groups in total. The van der Waals surface area contributed by atoms with Gasteiger partial charge in [-0.05, 0) is 6.07 Å². The first-order valence-electron chi connectivity index (χ1n) is 3.82. The number of primary sulfonamides is 1. The van der Waals surface area contributed by atoms with Gasteiger partial charge >= 0.3 is 0 Å². The number of nitrogens with two attached hydrogens (primary N) is 1. The molecule has 0 bridgehead atoms. The van der Waals surface area contributed by atoms with Gasteiger partial charge in [-0.25, -0.2) is 27.3 Å². The summed E-state index contributed by atoms with van der Waals surface area (Å²) in [6, 6.07) is 0.630. The molecule has 0 aliphatic rings. The monoisotopic (exact) mass is 272 g/mol. The summed E-state index contributed by atoms with van der Waals surface area (Å²) in [5.74, 6) is -0.371. The molecule has 0 aliphatic carbocycles. The Bertz CT molecular complexity index is 507. The molecule has 0 aromatic carbocycles. The van der Waals surface area contributed by atoms with E-state index < -0.39 is 32.2 Å². The van der Waals surface area contributed by atoms with Crippen molar-refractivity contribution in [1.29, 1.82) is 0 Å². The van der Waals surface area contributed by atoms with E-state index in [0.29, 0.717) is 6.07 Å². The van der Waals surface area contributed by atoms with Crippen LogP contribution in [0.4, 0.5) is 8.78 Å². The van der Waals surface area contributed by atoms with Crippen molar-refractivity contribution in [2.45, 2.75) is 11.5 Å². The number of rotatable bonds is 3. The highest BCUT2D eigenvalue weighted by molar-refractivity contribution is 7.89. The Balaban J connectivity index is 3.52. The van der Waals surface area contributed by atoms with Gasteiger partial charge in [0.25, 0.3) is 16.4 Å². The number of ether oxygens (including phenoxy) is 1. The van der Waals surface area contributed by atoms with Crippen molar-refractivity contribution in [2.75, 3.05) is 7.11 Å². The molecule has 0 saturated carbocycles. The lowest BCUT2D eigenvalue weighted by molar-refractivity contribution is 0.146. The van der Waals surface area contributed by atoms with E-state index in [1.54, 1.807) is 0 Å². The molecule has 0 saturated heterocycles. The normalized spacial score (nSPS) is 11.9. The van der Waals surface area contributed by atoms with Crippen LogP contribution in [-0.4, -0.2) is 20.5 Å². The van der Waals surface area contributed by atoms with Crippen LogP contribution in [0.1, 0.15) is 12.0 Å². The van der Waals surface area contributed by atoms with E-state index in [4.69, 9.17) is 16.7 Å². The summed E-state index contributed by atoms with van der Waals surface area (Å²) in [6.45, 7) is 0. The average molecular weight is 273 g/mol. The van der Waals surface area contributed by atoms with Crippen LogP contribution in [0.2, 0.25) is 5.15 Å². The first-order valence-corrected chi connectivity index (χ1v) is 5.75. The lowest BCUT2D eigenvalue weighted by Gasteiger charge is -2.10. The van der Waals surface area contributed by atoms with Crippen molar-refractivity contribution in [3.63, 3.8) is 0 Å². The Kier molecular flexibility index (Phi) is 3.66. The minimum atomic E-state index is -4.19. The maximum absolute atomic E-state index is 12.6. The van der Waals surface area contributed by atoms with Gasteiger partial charge in [-0.15, -0.1) is 0 Å². The summed E-state index contributed by atoms with van der Waals surface area (Å²) in [7, 11) is -3.07. The molecule has 1 aromatic rings. The van der Waals surface area contributed by atoms with Gasteiger partial charge in [-0.3, -0.25) is 0 Å². The van der Waals surface area contributed by atoms with E-state index in [1.165, 1.54) is 0 Å². The van der Waals surface area contributed by atoms with E-state index in [2.05, 4.69) is 9.72 Å². The fourth-order valence-corrected chi connectivity index (χ4v) is 1.84. The smallest absolute Gasteiger partial charge is 0.267 e. The van der Waals surface area contributed by atoms with Crippen molar-refractivity contribution in [2.24, 2.45) is 5.14 Å². The Morgan fingerprint density at radius 1 is 1.56 bits per heavy atom. The lowest BCUT2D eigenvalue weighted by Crippen LogP contribution is -2.15. The number of nitrogens with zero attached hydrogens (tertiary/aromatic N) is 1. The zero-order valence-electron chi connectivity index (χ0n) is 7.95. The summed E-state index contributed by atoms with van der Waals surface area (Å²) < 4.78 is 51.6. The Labute approximate surface area is 95.2 Å². The van der Waals surface area contributed by atoms with Crippen LogP contribution >= 0.6 is 11.6 Å². The second-order valence-electron chi connectivity index (χ2n) is 2.72. The summed E-state index contributed by atoms with van der Waals surface area (Å²) in [4.78, 5) is 3.35.